The standard InChI is InChI=1S/C13H12N4OS2/c1-8-7-20-13(16-8)11-10(18)6-17(12(11)14)15-5-9-3-2-4-19-9/h2-5,7,14,18H,6H2,1H3/b14-12?,15-5-. The summed E-state index contributed by atoms with van der Waals surface area (Å²) in [6.07, 6.45) is 1.70. The highest BCUT2D eigenvalue weighted by molar-refractivity contribution is 7.11. The number of thiazole rings is 1. The van der Waals surface area contributed by atoms with Crippen LogP contribution in [0.25, 0.3) is 5.57 Å². The molecule has 0 spiro atoms. The summed E-state index contributed by atoms with van der Waals surface area (Å²) in [6.45, 7) is 2.11. The Labute approximate surface area is 124 Å². The van der Waals surface area contributed by atoms with Crippen LogP contribution in [-0.4, -0.2) is 33.7 Å². The van der Waals surface area contributed by atoms with Crippen LogP contribution in [-0.2, 0) is 0 Å². The topological polar surface area (TPSA) is 72.6 Å². The molecule has 0 unspecified atom stereocenters. The van der Waals surface area contributed by atoms with E-state index in [1.807, 2.05) is 29.8 Å². The average Bonchev–Trinajstić information content (AvgIpc) is 3.10. The number of thiophene rings is 1. The zero-order valence-electron chi connectivity index (χ0n) is 10.7. The van der Waals surface area contributed by atoms with Crippen LogP contribution in [0.2, 0.25) is 0 Å². The molecule has 2 aromatic heterocycles. The highest BCUT2D eigenvalue weighted by atomic mass is 32.1. The van der Waals surface area contributed by atoms with Crippen LogP contribution in [0.15, 0.2) is 33.8 Å². The van der Waals surface area contributed by atoms with E-state index in [1.165, 1.54) is 16.3 Å². The van der Waals surface area contributed by atoms with Gasteiger partial charge >= 0.3 is 0 Å². The van der Waals surface area contributed by atoms with Gasteiger partial charge in [-0.2, -0.15) is 5.10 Å². The fourth-order valence-corrected chi connectivity index (χ4v) is 3.29. The minimum absolute atomic E-state index is 0.146. The van der Waals surface area contributed by atoms with Gasteiger partial charge in [-0.05, 0) is 18.4 Å². The monoisotopic (exact) mass is 304 g/mol. The molecule has 0 bridgehead atoms. The molecule has 0 radical (unpaired) electrons. The summed E-state index contributed by atoms with van der Waals surface area (Å²) < 4.78 is 0. The van der Waals surface area contributed by atoms with E-state index in [1.54, 1.807) is 17.6 Å². The molecule has 0 amide bonds. The minimum atomic E-state index is 0.146. The molecule has 0 fully saturated rings. The van der Waals surface area contributed by atoms with Crippen LogP contribution in [0.5, 0.6) is 0 Å². The van der Waals surface area contributed by atoms with Crippen molar-refractivity contribution in [1.29, 1.82) is 5.41 Å². The van der Waals surface area contributed by atoms with Gasteiger partial charge in [0.1, 0.15) is 17.3 Å². The number of nitrogens with zero attached hydrogens (tertiary/aromatic N) is 3. The van der Waals surface area contributed by atoms with E-state index >= 15 is 0 Å². The van der Waals surface area contributed by atoms with Crippen LogP contribution < -0.4 is 0 Å². The molecule has 0 saturated carbocycles. The Morgan fingerprint density at radius 2 is 2.35 bits per heavy atom. The van der Waals surface area contributed by atoms with Crippen LogP contribution in [0.3, 0.4) is 0 Å². The fourth-order valence-electron chi connectivity index (χ4n) is 1.85. The van der Waals surface area contributed by atoms with Crippen molar-refractivity contribution >= 4 is 40.3 Å². The van der Waals surface area contributed by atoms with Gasteiger partial charge in [-0.3, -0.25) is 5.41 Å². The molecule has 0 atom stereocenters. The molecule has 3 heterocycles. The molecule has 102 valence electrons. The number of hydrogen-bond donors (Lipinski definition) is 2. The Morgan fingerprint density at radius 1 is 1.50 bits per heavy atom. The molecule has 1 aliphatic heterocycles. The smallest absolute Gasteiger partial charge is 0.155 e. The van der Waals surface area contributed by atoms with Crippen molar-refractivity contribution in [2.45, 2.75) is 6.92 Å². The number of nitrogens with one attached hydrogen (secondary N) is 1. The first-order valence-corrected chi connectivity index (χ1v) is 7.69. The summed E-state index contributed by atoms with van der Waals surface area (Å²) in [5, 5.41) is 28.4. The molecule has 20 heavy (non-hydrogen) atoms. The van der Waals surface area contributed by atoms with Crippen molar-refractivity contribution in [3.8, 4) is 0 Å². The lowest BCUT2D eigenvalue weighted by Crippen LogP contribution is -2.20. The molecule has 0 aliphatic carbocycles. The predicted molar refractivity (Wildman–Crippen MR) is 82.7 cm³/mol. The van der Waals surface area contributed by atoms with Gasteiger partial charge in [0, 0.05) is 16.0 Å². The van der Waals surface area contributed by atoms with Gasteiger partial charge in [0.25, 0.3) is 0 Å². The van der Waals surface area contributed by atoms with E-state index in [2.05, 4.69) is 10.1 Å². The van der Waals surface area contributed by atoms with Crippen molar-refractivity contribution in [3.05, 3.63) is 44.2 Å². The Bertz CT molecular complexity index is 700. The average molecular weight is 304 g/mol. The first-order valence-electron chi connectivity index (χ1n) is 5.93. The maximum atomic E-state index is 10.0. The van der Waals surface area contributed by atoms with E-state index in [9.17, 15) is 5.11 Å². The lowest BCUT2D eigenvalue weighted by molar-refractivity contribution is 0.358. The number of amidine groups is 1. The summed E-state index contributed by atoms with van der Waals surface area (Å²) in [7, 11) is 0. The summed E-state index contributed by atoms with van der Waals surface area (Å²) >= 11 is 3.00. The molecular weight excluding hydrogens is 292 g/mol. The minimum Gasteiger partial charge on any atom is -0.509 e. The Morgan fingerprint density at radius 3 is 3.00 bits per heavy atom. The third-order valence-electron chi connectivity index (χ3n) is 2.78. The van der Waals surface area contributed by atoms with Crippen molar-refractivity contribution in [2.75, 3.05) is 6.54 Å². The SMILES string of the molecule is Cc1csc(C2=C(O)CN(/N=C\c3cccs3)C2=N)n1. The largest absolute Gasteiger partial charge is 0.509 e. The summed E-state index contributed by atoms with van der Waals surface area (Å²) in [4.78, 5) is 5.33. The van der Waals surface area contributed by atoms with Crippen LogP contribution in [0.1, 0.15) is 15.6 Å². The number of rotatable bonds is 3. The number of aryl methyl sites for hydroxylation is 1. The van der Waals surface area contributed by atoms with Crippen molar-refractivity contribution in [2.24, 2.45) is 5.10 Å². The number of hydrazone groups is 1. The van der Waals surface area contributed by atoms with Crippen LogP contribution in [0.4, 0.5) is 0 Å². The molecule has 1 aliphatic rings. The number of aliphatic hydroxyl groups excluding tert-OH is 1. The maximum Gasteiger partial charge on any atom is 0.155 e. The molecule has 2 aromatic rings. The van der Waals surface area contributed by atoms with Gasteiger partial charge < -0.3 is 5.11 Å². The van der Waals surface area contributed by atoms with Gasteiger partial charge in [-0.25, -0.2) is 9.99 Å². The maximum absolute atomic E-state index is 10.0. The normalized spacial score (nSPS) is 15.8. The first-order chi connectivity index (χ1) is 9.65. The number of aliphatic hydroxyl groups is 1. The molecule has 0 aromatic carbocycles. The zero-order valence-corrected chi connectivity index (χ0v) is 12.3. The third-order valence-corrected chi connectivity index (χ3v) is 4.57. The molecular formula is C13H12N4OS2. The third kappa shape index (κ3) is 2.37. The van der Waals surface area contributed by atoms with Gasteiger partial charge in [0.15, 0.2) is 5.84 Å². The molecule has 3 rings (SSSR count). The molecule has 7 heteroatoms. The van der Waals surface area contributed by atoms with Gasteiger partial charge in [-0.15, -0.1) is 22.7 Å². The summed E-state index contributed by atoms with van der Waals surface area (Å²) in [6, 6.07) is 3.90. The van der Waals surface area contributed by atoms with Gasteiger partial charge in [-0.1, -0.05) is 6.07 Å². The van der Waals surface area contributed by atoms with E-state index in [0.29, 0.717) is 10.6 Å². The first kappa shape index (κ1) is 13.0. The second-order valence-corrected chi connectivity index (χ2v) is 6.12. The van der Waals surface area contributed by atoms with Gasteiger partial charge in [0.2, 0.25) is 0 Å². The Balaban J connectivity index is 1.82. The lowest BCUT2D eigenvalue weighted by Gasteiger charge is -2.10. The highest BCUT2D eigenvalue weighted by Crippen LogP contribution is 2.29. The zero-order chi connectivity index (χ0) is 14.1. The van der Waals surface area contributed by atoms with Gasteiger partial charge in [0.05, 0.1) is 11.8 Å². The lowest BCUT2D eigenvalue weighted by atomic mass is 10.2. The van der Waals surface area contributed by atoms with Crippen molar-refractivity contribution in [1.82, 2.24) is 9.99 Å². The van der Waals surface area contributed by atoms with Crippen LogP contribution >= 0.6 is 22.7 Å². The highest BCUT2D eigenvalue weighted by Gasteiger charge is 2.29. The van der Waals surface area contributed by atoms with E-state index in [4.69, 9.17) is 5.41 Å². The molecule has 0 saturated heterocycles. The number of aromatic nitrogens is 1. The predicted octanol–water partition coefficient (Wildman–Crippen LogP) is 3.11. The number of hydrogen-bond acceptors (Lipinski definition) is 6. The van der Waals surface area contributed by atoms with Crippen molar-refractivity contribution < 1.29 is 5.11 Å². The summed E-state index contributed by atoms with van der Waals surface area (Å²) in [5.41, 5.74) is 1.37. The quantitative estimate of drug-likeness (QED) is 0.856. The van der Waals surface area contributed by atoms with Crippen LogP contribution in [0, 0.1) is 12.3 Å². The van der Waals surface area contributed by atoms with Crippen molar-refractivity contribution in [3.63, 3.8) is 0 Å². The molecule has 2 N–H and O–H groups in total. The second-order valence-electron chi connectivity index (χ2n) is 4.28. The Kier molecular flexibility index (Phi) is 3.37. The fraction of sp³-hybridized carbons (Fsp3) is 0.154. The Hall–Kier alpha value is -1.99. The van der Waals surface area contributed by atoms with E-state index in [-0.39, 0.29) is 18.1 Å². The van der Waals surface area contributed by atoms with E-state index in [0.717, 1.165) is 10.6 Å². The second kappa shape index (κ2) is 5.18. The molecule has 5 nitrogen and oxygen atoms in total. The van der Waals surface area contributed by atoms with E-state index < -0.39 is 0 Å². The summed E-state index contributed by atoms with van der Waals surface area (Å²) in [5.74, 6) is 0.331.